The Morgan fingerprint density at radius 3 is 2.60 bits per heavy atom. The summed E-state index contributed by atoms with van der Waals surface area (Å²) in [6, 6.07) is 14.9. The zero-order valence-corrected chi connectivity index (χ0v) is 18.0. The first-order valence-electron chi connectivity index (χ1n) is 10.7. The molecule has 0 saturated carbocycles. The van der Waals surface area contributed by atoms with Gasteiger partial charge in [-0.1, -0.05) is 54.9 Å². The van der Waals surface area contributed by atoms with E-state index >= 15 is 0 Å². The third-order valence-electron chi connectivity index (χ3n) is 6.12. The van der Waals surface area contributed by atoms with Crippen molar-refractivity contribution in [3.8, 4) is 0 Å². The van der Waals surface area contributed by atoms with Crippen LogP contribution in [0.2, 0.25) is 5.02 Å². The molecule has 0 bridgehead atoms. The number of aliphatic hydroxyl groups is 1. The summed E-state index contributed by atoms with van der Waals surface area (Å²) in [5.41, 5.74) is 3.15. The Balaban J connectivity index is 1.42. The van der Waals surface area contributed by atoms with E-state index in [4.69, 9.17) is 16.3 Å². The normalized spacial score (nSPS) is 21.2. The number of hydrogen-bond donors (Lipinski definition) is 2. The van der Waals surface area contributed by atoms with Gasteiger partial charge in [-0.05, 0) is 47.7 Å². The first kappa shape index (κ1) is 21.2. The third-order valence-corrected chi connectivity index (χ3v) is 6.36. The number of amides is 1. The number of nitrogens with one attached hydrogen (secondary N) is 1. The number of fused-ring (bicyclic) bond motifs is 1. The number of benzene rings is 2. The summed E-state index contributed by atoms with van der Waals surface area (Å²) in [6.07, 6.45) is 1.08. The molecule has 1 heterocycles. The molecule has 2 aromatic rings. The fourth-order valence-electron chi connectivity index (χ4n) is 4.56. The molecule has 160 valence electrons. The second-order valence-corrected chi connectivity index (χ2v) is 9.04. The van der Waals surface area contributed by atoms with E-state index in [1.54, 1.807) is 12.1 Å². The Morgan fingerprint density at radius 2 is 1.97 bits per heavy atom. The number of alkyl carbamates (subject to hydrolysis) is 1. The van der Waals surface area contributed by atoms with Gasteiger partial charge in [0.2, 0.25) is 0 Å². The van der Waals surface area contributed by atoms with Gasteiger partial charge < -0.3 is 20.1 Å². The monoisotopic (exact) mass is 428 g/mol. The van der Waals surface area contributed by atoms with Gasteiger partial charge in [0.25, 0.3) is 0 Å². The van der Waals surface area contributed by atoms with E-state index < -0.39 is 18.2 Å². The van der Waals surface area contributed by atoms with Crippen LogP contribution in [0.3, 0.4) is 0 Å². The molecule has 30 heavy (non-hydrogen) atoms. The van der Waals surface area contributed by atoms with Crippen molar-refractivity contribution in [2.24, 2.45) is 5.92 Å². The van der Waals surface area contributed by atoms with Crippen LogP contribution < -0.4 is 5.32 Å². The molecule has 0 aromatic heterocycles. The van der Waals surface area contributed by atoms with E-state index in [2.05, 4.69) is 29.3 Å². The molecular weight excluding hydrogens is 400 g/mol. The summed E-state index contributed by atoms with van der Waals surface area (Å²) < 4.78 is 5.71. The van der Waals surface area contributed by atoms with Crippen molar-refractivity contribution < 1.29 is 14.6 Å². The van der Waals surface area contributed by atoms with Crippen molar-refractivity contribution in [3.05, 3.63) is 70.2 Å². The minimum Gasteiger partial charge on any atom is -0.446 e. The first-order chi connectivity index (χ1) is 14.5. The lowest BCUT2D eigenvalue weighted by Gasteiger charge is -2.29. The predicted molar refractivity (Wildman–Crippen MR) is 118 cm³/mol. The highest BCUT2D eigenvalue weighted by molar-refractivity contribution is 6.30. The maximum Gasteiger partial charge on any atom is 0.407 e. The van der Waals surface area contributed by atoms with Crippen molar-refractivity contribution in [2.45, 2.75) is 44.4 Å². The van der Waals surface area contributed by atoms with Gasteiger partial charge in [0.05, 0.1) is 6.04 Å². The Hall–Kier alpha value is -2.08. The van der Waals surface area contributed by atoms with Crippen LogP contribution in [0.5, 0.6) is 0 Å². The molecule has 0 spiro atoms. The molecule has 1 amide bonds. The first-order valence-corrected chi connectivity index (χ1v) is 11.1. The van der Waals surface area contributed by atoms with E-state index in [0.717, 1.165) is 32.4 Å². The third kappa shape index (κ3) is 5.15. The topological polar surface area (TPSA) is 61.8 Å². The zero-order chi connectivity index (χ0) is 21.1. The lowest BCUT2D eigenvalue weighted by atomic mass is 10.0. The molecule has 2 N–H and O–H groups in total. The van der Waals surface area contributed by atoms with Crippen LogP contribution in [0.15, 0.2) is 48.5 Å². The number of hydrogen-bond acceptors (Lipinski definition) is 4. The Kier molecular flexibility index (Phi) is 6.61. The van der Waals surface area contributed by atoms with Crippen LogP contribution in [0.4, 0.5) is 4.79 Å². The Labute approximate surface area is 183 Å². The molecule has 4 rings (SSSR count). The molecule has 1 fully saturated rings. The quantitative estimate of drug-likeness (QED) is 0.730. The van der Waals surface area contributed by atoms with Crippen LogP contribution in [-0.4, -0.2) is 47.9 Å². The predicted octanol–water partition coefficient (Wildman–Crippen LogP) is 3.98. The van der Waals surface area contributed by atoms with Gasteiger partial charge in [0.15, 0.2) is 0 Å². The maximum atomic E-state index is 12.7. The smallest absolute Gasteiger partial charge is 0.407 e. The summed E-state index contributed by atoms with van der Waals surface area (Å²) >= 11 is 6.11. The highest BCUT2D eigenvalue weighted by Crippen LogP contribution is 2.25. The summed E-state index contributed by atoms with van der Waals surface area (Å²) in [6.45, 7) is 4.72. The molecule has 2 aromatic carbocycles. The number of carbonyl (C=O) groups excluding carboxylic acids is 1. The molecule has 5 nitrogen and oxygen atoms in total. The molecule has 1 saturated heterocycles. The molecule has 2 aliphatic rings. The second kappa shape index (κ2) is 9.38. The number of aliphatic hydroxyl groups excluding tert-OH is 1. The lowest BCUT2D eigenvalue weighted by Crippen LogP contribution is -2.47. The molecule has 3 atom stereocenters. The average molecular weight is 429 g/mol. The minimum absolute atomic E-state index is 0.168. The maximum absolute atomic E-state index is 12.7. The second-order valence-electron chi connectivity index (χ2n) is 8.61. The van der Waals surface area contributed by atoms with Gasteiger partial charge in [-0.25, -0.2) is 4.79 Å². The van der Waals surface area contributed by atoms with Crippen molar-refractivity contribution in [3.63, 3.8) is 0 Å². The van der Waals surface area contributed by atoms with Gasteiger partial charge in [-0.3, -0.25) is 0 Å². The molecular formula is C24H29ClN2O3. The van der Waals surface area contributed by atoms with Gasteiger partial charge in [-0.15, -0.1) is 0 Å². The minimum atomic E-state index is -0.868. The van der Waals surface area contributed by atoms with E-state index in [0.29, 0.717) is 23.0 Å². The molecule has 1 aliphatic heterocycles. The number of nitrogens with zero attached hydrogens (tertiary/aromatic N) is 1. The average Bonchev–Trinajstić information content (AvgIpc) is 3.31. The highest BCUT2D eigenvalue weighted by Gasteiger charge is 2.30. The number of carbonyl (C=O) groups is 1. The molecule has 0 unspecified atom stereocenters. The lowest BCUT2D eigenvalue weighted by molar-refractivity contribution is 0.0725. The Bertz CT molecular complexity index is 865. The summed E-state index contributed by atoms with van der Waals surface area (Å²) in [4.78, 5) is 15.0. The zero-order valence-electron chi connectivity index (χ0n) is 17.3. The van der Waals surface area contributed by atoms with Crippen molar-refractivity contribution >= 4 is 17.7 Å². The number of likely N-dealkylation sites (tertiary alicyclic amines) is 1. The van der Waals surface area contributed by atoms with E-state index in [-0.39, 0.29) is 6.10 Å². The van der Waals surface area contributed by atoms with Crippen LogP contribution in [0.25, 0.3) is 0 Å². The van der Waals surface area contributed by atoms with Crippen LogP contribution >= 0.6 is 11.6 Å². The van der Waals surface area contributed by atoms with Crippen LogP contribution in [0, 0.1) is 5.92 Å². The van der Waals surface area contributed by atoms with Gasteiger partial charge in [-0.2, -0.15) is 0 Å². The van der Waals surface area contributed by atoms with Crippen molar-refractivity contribution in [1.29, 1.82) is 0 Å². The Morgan fingerprint density at radius 1 is 1.23 bits per heavy atom. The number of ether oxygens (including phenoxy) is 1. The summed E-state index contributed by atoms with van der Waals surface area (Å²) in [7, 11) is 0. The molecule has 6 heteroatoms. The van der Waals surface area contributed by atoms with Gasteiger partial charge in [0, 0.05) is 31.0 Å². The summed E-state index contributed by atoms with van der Waals surface area (Å²) in [5, 5.41) is 14.5. The van der Waals surface area contributed by atoms with Gasteiger partial charge in [0.1, 0.15) is 12.2 Å². The highest BCUT2D eigenvalue weighted by atomic mass is 35.5. The van der Waals surface area contributed by atoms with Gasteiger partial charge >= 0.3 is 6.09 Å². The van der Waals surface area contributed by atoms with Crippen molar-refractivity contribution in [2.75, 3.05) is 19.6 Å². The standard InChI is InChI=1S/C24H29ClN2O3/c1-16-9-10-27(14-16)15-22(23(28)19-7-4-8-20(25)11-19)26-24(29)30-21-12-17-5-2-3-6-18(17)13-21/h2-8,11,16,21-23,28H,9-10,12-15H2,1H3,(H,26,29)/t16-,22-,23-/m1/s1. The van der Waals surface area contributed by atoms with Crippen LogP contribution in [-0.2, 0) is 17.6 Å². The molecule has 1 aliphatic carbocycles. The van der Waals surface area contributed by atoms with E-state index in [1.807, 2.05) is 24.3 Å². The fraction of sp³-hybridized carbons (Fsp3) is 0.458. The van der Waals surface area contributed by atoms with Crippen LogP contribution in [0.1, 0.15) is 36.1 Å². The largest absolute Gasteiger partial charge is 0.446 e. The SMILES string of the molecule is C[C@@H]1CCN(C[C@@H](NC(=O)OC2Cc3ccccc3C2)[C@H](O)c2cccc(Cl)c2)C1. The summed E-state index contributed by atoms with van der Waals surface area (Å²) in [5.74, 6) is 0.623. The molecule has 0 radical (unpaired) electrons. The van der Waals surface area contributed by atoms with E-state index in [9.17, 15) is 9.90 Å². The fourth-order valence-corrected chi connectivity index (χ4v) is 4.75. The number of halogens is 1. The number of rotatable bonds is 6. The van der Waals surface area contributed by atoms with Crippen molar-refractivity contribution in [1.82, 2.24) is 10.2 Å². The van der Waals surface area contributed by atoms with E-state index in [1.165, 1.54) is 11.1 Å².